The number of benzene rings is 2. The Kier molecular flexibility index (Phi) is 8.09. The first-order chi connectivity index (χ1) is 18.7. The summed E-state index contributed by atoms with van der Waals surface area (Å²) in [6.07, 6.45) is 8.89. The fraction of sp³-hybridized carbons (Fsp3) is 0.467. The van der Waals surface area contributed by atoms with Gasteiger partial charge in [0.1, 0.15) is 6.04 Å². The van der Waals surface area contributed by atoms with E-state index in [1.807, 2.05) is 6.92 Å². The van der Waals surface area contributed by atoms with E-state index in [1.165, 1.54) is 54.9 Å². The normalized spacial score (nSPS) is 22.6. The van der Waals surface area contributed by atoms with Gasteiger partial charge in [-0.25, -0.2) is 8.42 Å². The van der Waals surface area contributed by atoms with Crippen LogP contribution in [0, 0.1) is 6.92 Å². The Labute approximate surface area is 231 Å². The zero-order valence-corrected chi connectivity index (χ0v) is 23.5. The van der Waals surface area contributed by atoms with Gasteiger partial charge in [-0.3, -0.25) is 18.8 Å². The summed E-state index contributed by atoms with van der Waals surface area (Å²) >= 11 is 0. The van der Waals surface area contributed by atoms with E-state index in [-0.39, 0.29) is 23.3 Å². The number of fused-ring (bicyclic) bond motifs is 1. The van der Waals surface area contributed by atoms with Gasteiger partial charge in [0.25, 0.3) is 10.0 Å². The van der Waals surface area contributed by atoms with Crippen molar-refractivity contribution in [1.82, 2.24) is 19.8 Å². The molecule has 2 N–H and O–H groups in total. The molecule has 2 heterocycles. The summed E-state index contributed by atoms with van der Waals surface area (Å²) in [6, 6.07) is 12.1. The van der Waals surface area contributed by atoms with Crippen molar-refractivity contribution in [1.29, 1.82) is 0 Å². The molecule has 39 heavy (non-hydrogen) atoms. The van der Waals surface area contributed by atoms with Crippen molar-refractivity contribution in [3.05, 3.63) is 77.1 Å². The number of amides is 2. The minimum atomic E-state index is -4.01. The number of carbonyl (C=O) groups is 2. The lowest BCUT2D eigenvalue weighted by Crippen LogP contribution is -2.51. The molecule has 0 spiro atoms. The second-order valence-corrected chi connectivity index (χ2v) is 12.8. The Morgan fingerprint density at radius 1 is 1.08 bits per heavy atom. The zero-order chi connectivity index (χ0) is 27.6. The van der Waals surface area contributed by atoms with Crippen molar-refractivity contribution in [3.8, 4) is 0 Å². The van der Waals surface area contributed by atoms with Crippen molar-refractivity contribution in [3.63, 3.8) is 0 Å². The van der Waals surface area contributed by atoms with Gasteiger partial charge in [0.2, 0.25) is 11.8 Å². The molecule has 1 fully saturated rings. The standard InChI is InChI=1S/C30H38N4O4S/c1-21-9-12-25(13-10-21)39(37,38)34-18-15-31-30(36)28(34)20-29(35)32-27-8-6-7-24-19-23(11-14-26(24)27)22(2)33-16-4-3-5-17-33/h9-15,18-19,22,27-28H,3-8,16-17,20H2,1-2H3,(H,31,36)(H,32,35)/t22-,27?,28-/m1/s1. The second kappa shape index (κ2) is 11.5. The minimum absolute atomic E-state index is 0.0775. The van der Waals surface area contributed by atoms with Gasteiger partial charge in [-0.15, -0.1) is 0 Å². The molecule has 0 bridgehead atoms. The Morgan fingerprint density at radius 2 is 1.82 bits per heavy atom. The van der Waals surface area contributed by atoms with E-state index in [2.05, 4.69) is 40.7 Å². The van der Waals surface area contributed by atoms with E-state index in [0.717, 1.165) is 47.8 Å². The molecule has 2 aromatic carbocycles. The molecule has 5 rings (SSSR count). The number of piperidine rings is 1. The van der Waals surface area contributed by atoms with Gasteiger partial charge in [0.15, 0.2) is 0 Å². The quantitative estimate of drug-likeness (QED) is 0.541. The first-order valence-electron chi connectivity index (χ1n) is 14.0. The lowest BCUT2D eigenvalue weighted by molar-refractivity contribution is -0.129. The molecular weight excluding hydrogens is 512 g/mol. The van der Waals surface area contributed by atoms with Gasteiger partial charge in [0.05, 0.1) is 17.4 Å². The van der Waals surface area contributed by atoms with Crippen LogP contribution in [0.15, 0.2) is 59.8 Å². The molecule has 208 valence electrons. The number of likely N-dealkylation sites (tertiary alicyclic amines) is 1. The number of hydrogen-bond donors (Lipinski definition) is 2. The SMILES string of the molecule is Cc1ccc(S(=O)(=O)N2C=CNC(=O)[C@H]2CC(=O)NC2CCCc3cc([C@@H](C)N4CCCCC4)ccc32)cc1. The number of carbonyl (C=O) groups excluding carboxylic acids is 2. The van der Waals surface area contributed by atoms with Crippen molar-refractivity contribution in [2.45, 2.75) is 81.8 Å². The molecule has 3 atom stereocenters. The van der Waals surface area contributed by atoms with Gasteiger partial charge >= 0.3 is 0 Å². The third kappa shape index (κ3) is 5.89. The fourth-order valence-corrected chi connectivity index (χ4v) is 7.41. The zero-order valence-electron chi connectivity index (χ0n) is 22.7. The number of nitrogens with zero attached hydrogens (tertiary/aromatic N) is 2. The van der Waals surface area contributed by atoms with Crippen molar-refractivity contribution in [2.75, 3.05) is 13.1 Å². The summed E-state index contributed by atoms with van der Waals surface area (Å²) in [6.45, 7) is 6.42. The number of rotatable bonds is 7. The first kappa shape index (κ1) is 27.4. The van der Waals surface area contributed by atoms with E-state index in [1.54, 1.807) is 12.1 Å². The van der Waals surface area contributed by atoms with Crippen molar-refractivity contribution >= 4 is 21.8 Å². The average molecular weight is 551 g/mol. The van der Waals surface area contributed by atoms with Crippen LogP contribution in [0.25, 0.3) is 0 Å². The maximum atomic E-state index is 13.4. The van der Waals surface area contributed by atoms with E-state index >= 15 is 0 Å². The molecule has 1 unspecified atom stereocenters. The molecule has 2 aliphatic heterocycles. The molecule has 0 aromatic heterocycles. The van der Waals surface area contributed by atoms with Crippen LogP contribution in [-0.2, 0) is 26.0 Å². The molecule has 0 radical (unpaired) electrons. The lowest BCUT2D eigenvalue weighted by Gasteiger charge is -2.34. The van der Waals surface area contributed by atoms with Crippen LogP contribution < -0.4 is 10.6 Å². The maximum absolute atomic E-state index is 13.4. The van der Waals surface area contributed by atoms with Crippen LogP contribution in [0.1, 0.15) is 79.8 Å². The predicted molar refractivity (Wildman–Crippen MR) is 150 cm³/mol. The van der Waals surface area contributed by atoms with Crippen LogP contribution in [0.3, 0.4) is 0 Å². The number of sulfonamides is 1. The molecule has 1 saturated heterocycles. The van der Waals surface area contributed by atoms with E-state index in [0.29, 0.717) is 6.04 Å². The summed E-state index contributed by atoms with van der Waals surface area (Å²) in [5, 5.41) is 5.65. The topological polar surface area (TPSA) is 98.8 Å². The third-order valence-electron chi connectivity index (χ3n) is 8.27. The highest BCUT2D eigenvalue weighted by atomic mass is 32.2. The van der Waals surface area contributed by atoms with Crippen molar-refractivity contribution < 1.29 is 18.0 Å². The van der Waals surface area contributed by atoms with Gasteiger partial charge in [0, 0.05) is 18.4 Å². The summed E-state index contributed by atoms with van der Waals surface area (Å²) in [7, 11) is -4.01. The highest BCUT2D eigenvalue weighted by Gasteiger charge is 2.37. The Morgan fingerprint density at radius 3 is 2.56 bits per heavy atom. The van der Waals surface area contributed by atoms with Gasteiger partial charge in [-0.1, -0.05) is 42.3 Å². The van der Waals surface area contributed by atoms with Crippen LogP contribution >= 0.6 is 0 Å². The Balaban J connectivity index is 1.29. The summed E-state index contributed by atoms with van der Waals surface area (Å²) in [4.78, 5) is 28.6. The summed E-state index contributed by atoms with van der Waals surface area (Å²) in [5.41, 5.74) is 4.61. The van der Waals surface area contributed by atoms with E-state index in [4.69, 9.17) is 0 Å². The van der Waals surface area contributed by atoms with Gasteiger partial charge < -0.3 is 10.6 Å². The number of aryl methyl sites for hydroxylation is 2. The van der Waals surface area contributed by atoms with E-state index < -0.39 is 22.0 Å². The van der Waals surface area contributed by atoms with Crippen LogP contribution in [0.4, 0.5) is 0 Å². The Bertz CT molecular complexity index is 1350. The van der Waals surface area contributed by atoms with Crippen LogP contribution in [0.2, 0.25) is 0 Å². The number of nitrogens with one attached hydrogen (secondary N) is 2. The summed E-state index contributed by atoms with van der Waals surface area (Å²) in [5.74, 6) is -0.873. The molecule has 8 nitrogen and oxygen atoms in total. The molecule has 3 aliphatic rings. The van der Waals surface area contributed by atoms with E-state index in [9.17, 15) is 18.0 Å². The molecular formula is C30H38N4O4S. The maximum Gasteiger partial charge on any atom is 0.264 e. The molecule has 9 heteroatoms. The molecule has 2 aromatic rings. The minimum Gasteiger partial charge on any atom is -0.349 e. The highest BCUT2D eigenvalue weighted by Crippen LogP contribution is 2.34. The fourth-order valence-electron chi connectivity index (χ4n) is 5.96. The molecule has 1 aliphatic carbocycles. The number of hydrogen-bond acceptors (Lipinski definition) is 5. The van der Waals surface area contributed by atoms with Crippen LogP contribution in [-0.4, -0.2) is 48.6 Å². The Hall–Kier alpha value is -3.17. The summed E-state index contributed by atoms with van der Waals surface area (Å²) < 4.78 is 27.7. The predicted octanol–water partition coefficient (Wildman–Crippen LogP) is 4.09. The first-order valence-corrected chi connectivity index (χ1v) is 15.4. The average Bonchev–Trinajstić information content (AvgIpc) is 2.94. The largest absolute Gasteiger partial charge is 0.349 e. The highest BCUT2D eigenvalue weighted by molar-refractivity contribution is 7.89. The molecule has 2 amide bonds. The third-order valence-corrected chi connectivity index (χ3v) is 10.1. The smallest absolute Gasteiger partial charge is 0.264 e. The second-order valence-electron chi connectivity index (χ2n) is 10.9. The van der Waals surface area contributed by atoms with Gasteiger partial charge in [-0.05, 0) is 87.9 Å². The monoisotopic (exact) mass is 550 g/mol. The lowest BCUT2D eigenvalue weighted by atomic mass is 9.85. The van der Waals surface area contributed by atoms with Gasteiger partial charge in [-0.2, -0.15) is 0 Å². The van der Waals surface area contributed by atoms with Crippen molar-refractivity contribution in [2.24, 2.45) is 0 Å². The van der Waals surface area contributed by atoms with Crippen LogP contribution in [0.5, 0.6) is 0 Å². The molecule has 0 saturated carbocycles.